The first-order valence-electron chi connectivity index (χ1n) is 6.31. The van der Waals surface area contributed by atoms with Crippen LogP contribution in [0.25, 0.3) is 0 Å². The van der Waals surface area contributed by atoms with Crippen LogP contribution in [-0.4, -0.2) is 35.1 Å². The van der Waals surface area contributed by atoms with Gasteiger partial charge in [-0.05, 0) is 24.1 Å². The summed E-state index contributed by atoms with van der Waals surface area (Å²) in [5.41, 5.74) is 0.711. The van der Waals surface area contributed by atoms with Gasteiger partial charge in [0.25, 0.3) is 0 Å². The minimum atomic E-state index is -1.09. The lowest BCUT2D eigenvalue weighted by atomic mass is 10.2. The molecular formula is C14H16ClN3O3. The summed E-state index contributed by atoms with van der Waals surface area (Å²) in [6.07, 6.45) is 0. The molecule has 0 heterocycles. The van der Waals surface area contributed by atoms with Crippen molar-refractivity contribution in [3.8, 4) is 6.07 Å². The summed E-state index contributed by atoms with van der Waals surface area (Å²) in [6, 6.07) is 5.85. The van der Waals surface area contributed by atoms with Crippen molar-refractivity contribution < 1.29 is 14.7 Å². The van der Waals surface area contributed by atoms with E-state index in [1.807, 2.05) is 19.9 Å². The summed E-state index contributed by atoms with van der Waals surface area (Å²) in [5, 5.41) is 20.4. The van der Waals surface area contributed by atoms with Gasteiger partial charge in [-0.3, -0.25) is 4.79 Å². The average Bonchev–Trinajstić information content (AvgIpc) is 2.39. The predicted molar refractivity (Wildman–Crippen MR) is 79.2 cm³/mol. The van der Waals surface area contributed by atoms with Gasteiger partial charge in [-0.2, -0.15) is 5.26 Å². The van der Waals surface area contributed by atoms with Crippen LogP contribution in [0, 0.1) is 17.2 Å². The van der Waals surface area contributed by atoms with Crippen molar-refractivity contribution in [3.05, 3.63) is 28.8 Å². The first-order chi connectivity index (χ1) is 9.83. The molecule has 1 aromatic rings. The second kappa shape index (κ2) is 7.50. The van der Waals surface area contributed by atoms with E-state index in [1.165, 1.54) is 23.1 Å². The minimum absolute atomic E-state index is 0.131. The van der Waals surface area contributed by atoms with E-state index in [1.54, 1.807) is 0 Å². The molecule has 0 atom stereocenters. The summed E-state index contributed by atoms with van der Waals surface area (Å²) in [4.78, 5) is 24.1. The van der Waals surface area contributed by atoms with Gasteiger partial charge in [0.2, 0.25) is 0 Å². The van der Waals surface area contributed by atoms with Crippen molar-refractivity contribution in [1.29, 1.82) is 5.26 Å². The molecule has 0 aliphatic heterocycles. The Kier molecular flexibility index (Phi) is 6.00. The lowest BCUT2D eigenvalue weighted by Gasteiger charge is -2.23. The molecule has 0 radical (unpaired) electrons. The lowest BCUT2D eigenvalue weighted by molar-refractivity contribution is -0.137. The van der Waals surface area contributed by atoms with Crippen LogP contribution in [-0.2, 0) is 4.79 Å². The van der Waals surface area contributed by atoms with Gasteiger partial charge < -0.3 is 15.3 Å². The van der Waals surface area contributed by atoms with Crippen molar-refractivity contribution in [1.82, 2.24) is 4.90 Å². The molecule has 21 heavy (non-hydrogen) atoms. The number of hydrogen-bond donors (Lipinski definition) is 2. The van der Waals surface area contributed by atoms with Crippen LogP contribution in [0.2, 0.25) is 5.02 Å². The van der Waals surface area contributed by atoms with E-state index in [2.05, 4.69) is 5.32 Å². The number of carbonyl (C=O) groups excluding carboxylic acids is 1. The summed E-state index contributed by atoms with van der Waals surface area (Å²) >= 11 is 5.97. The van der Waals surface area contributed by atoms with Crippen LogP contribution in [0.15, 0.2) is 18.2 Å². The van der Waals surface area contributed by atoms with Gasteiger partial charge in [-0.25, -0.2) is 4.79 Å². The predicted octanol–water partition coefficient (Wildman–Crippen LogP) is 2.79. The molecule has 7 heteroatoms. The standard InChI is InChI=1S/C14H16ClN3O3/c1-9(2)7-18(8-13(19)20)14(21)17-12-4-3-10(6-16)5-11(12)15/h3-5,9H,7-8H2,1-2H3,(H,17,21)(H,19,20). The van der Waals surface area contributed by atoms with Crippen LogP contribution in [0.5, 0.6) is 0 Å². The Bertz CT molecular complexity index is 581. The number of amides is 2. The lowest BCUT2D eigenvalue weighted by Crippen LogP contribution is -2.41. The topological polar surface area (TPSA) is 93.4 Å². The Morgan fingerprint density at radius 1 is 1.48 bits per heavy atom. The van der Waals surface area contributed by atoms with Gasteiger partial charge in [0.1, 0.15) is 6.54 Å². The quantitative estimate of drug-likeness (QED) is 0.874. The molecule has 0 unspecified atom stereocenters. The van der Waals surface area contributed by atoms with Crippen molar-refractivity contribution in [3.63, 3.8) is 0 Å². The maximum atomic E-state index is 12.1. The third-order valence-corrected chi connectivity index (χ3v) is 2.85. The number of halogens is 1. The Morgan fingerprint density at radius 2 is 2.14 bits per heavy atom. The molecule has 0 aromatic heterocycles. The smallest absolute Gasteiger partial charge is 0.323 e. The van der Waals surface area contributed by atoms with Crippen molar-refractivity contribution in [2.24, 2.45) is 5.92 Å². The maximum absolute atomic E-state index is 12.1. The van der Waals surface area contributed by atoms with Gasteiger partial charge in [-0.1, -0.05) is 25.4 Å². The first kappa shape index (κ1) is 16.8. The van der Waals surface area contributed by atoms with Crippen LogP contribution >= 0.6 is 11.6 Å². The van der Waals surface area contributed by atoms with Crippen LogP contribution in [0.3, 0.4) is 0 Å². The molecule has 6 nitrogen and oxygen atoms in total. The SMILES string of the molecule is CC(C)CN(CC(=O)O)C(=O)Nc1ccc(C#N)cc1Cl. The van der Waals surface area contributed by atoms with Gasteiger partial charge in [-0.15, -0.1) is 0 Å². The van der Waals surface area contributed by atoms with E-state index < -0.39 is 18.5 Å². The molecule has 112 valence electrons. The van der Waals surface area contributed by atoms with Gasteiger partial charge >= 0.3 is 12.0 Å². The molecule has 1 rings (SSSR count). The highest BCUT2D eigenvalue weighted by Crippen LogP contribution is 2.23. The summed E-state index contributed by atoms with van der Waals surface area (Å²) in [6.45, 7) is 3.69. The fourth-order valence-corrected chi connectivity index (χ4v) is 1.93. The number of nitrogens with zero attached hydrogens (tertiary/aromatic N) is 2. The Labute approximate surface area is 127 Å². The number of carbonyl (C=O) groups is 2. The normalized spacial score (nSPS) is 10.0. The zero-order valence-corrected chi connectivity index (χ0v) is 12.5. The van der Waals surface area contributed by atoms with E-state index in [9.17, 15) is 9.59 Å². The zero-order chi connectivity index (χ0) is 16.0. The van der Waals surface area contributed by atoms with Gasteiger partial charge in [0.05, 0.1) is 22.3 Å². The van der Waals surface area contributed by atoms with E-state index in [0.717, 1.165) is 0 Å². The molecule has 0 bridgehead atoms. The molecule has 1 aromatic carbocycles. The number of nitrogens with one attached hydrogen (secondary N) is 1. The van der Waals surface area contributed by atoms with Crippen molar-refractivity contribution >= 4 is 29.3 Å². The van der Waals surface area contributed by atoms with Gasteiger partial charge in [0.15, 0.2) is 0 Å². The van der Waals surface area contributed by atoms with Crippen molar-refractivity contribution in [2.75, 3.05) is 18.4 Å². The number of rotatable bonds is 5. The Morgan fingerprint density at radius 3 is 2.62 bits per heavy atom. The third kappa shape index (κ3) is 5.32. The average molecular weight is 310 g/mol. The molecule has 0 fully saturated rings. The number of anilines is 1. The first-order valence-corrected chi connectivity index (χ1v) is 6.68. The second-order valence-corrected chi connectivity index (χ2v) is 5.31. The van der Waals surface area contributed by atoms with Crippen LogP contribution in [0.4, 0.5) is 10.5 Å². The molecule has 2 amide bonds. The molecule has 0 aliphatic rings. The summed E-state index contributed by atoms with van der Waals surface area (Å²) in [5.74, 6) is -0.955. The molecular weight excluding hydrogens is 294 g/mol. The number of benzene rings is 1. The molecule has 2 N–H and O–H groups in total. The summed E-state index contributed by atoms with van der Waals surface area (Å²) in [7, 11) is 0. The van der Waals surface area contributed by atoms with E-state index >= 15 is 0 Å². The number of nitriles is 1. The fraction of sp³-hybridized carbons (Fsp3) is 0.357. The Hall–Kier alpha value is -2.26. The second-order valence-electron chi connectivity index (χ2n) is 4.90. The molecule has 0 saturated carbocycles. The largest absolute Gasteiger partial charge is 0.480 e. The number of carboxylic acids is 1. The van der Waals surface area contributed by atoms with Crippen molar-refractivity contribution in [2.45, 2.75) is 13.8 Å². The van der Waals surface area contributed by atoms with Gasteiger partial charge in [0, 0.05) is 6.54 Å². The van der Waals surface area contributed by atoms with E-state index in [4.69, 9.17) is 22.0 Å². The third-order valence-electron chi connectivity index (χ3n) is 2.54. The highest BCUT2D eigenvalue weighted by atomic mass is 35.5. The zero-order valence-electron chi connectivity index (χ0n) is 11.8. The number of urea groups is 1. The highest BCUT2D eigenvalue weighted by Gasteiger charge is 2.18. The molecule has 0 aliphatic carbocycles. The summed E-state index contributed by atoms with van der Waals surface area (Å²) < 4.78 is 0. The fourth-order valence-electron chi connectivity index (χ4n) is 1.70. The Balaban J connectivity index is 2.86. The van der Waals surface area contributed by atoms with Crippen LogP contribution < -0.4 is 5.32 Å². The van der Waals surface area contributed by atoms with E-state index in [0.29, 0.717) is 17.8 Å². The minimum Gasteiger partial charge on any atom is -0.480 e. The van der Waals surface area contributed by atoms with E-state index in [-0.39, 0.29) is 10.9 Å². The molecule has 0 spiro atoms. The number of carboxylic acid groups (broad SMARTS) is 1. The number of aliphatic carboxylic acids is 1. The number of hydrogen-bond acceptors (Lipinski definition) is 3. The van der Waals surface area contributed by atoms with Crippen LogP contribution in [0.1, 0.15) is 19.4 Å². The maximum Gasteiger partial charge on any atom is 0.323 e. The molecule has 0 saturated heterocycles. The highest BCUT2D eigenvalue weighted by molar-refractivity contribution is 6.33. The monoisotopic (exact) mass is 309 g/mol.